The number of nitrogens with one attached hydrogen (secondary N) is 1. The molecule has 0 aromatic carbocycles. The Hall–Kier alpha value is -0.640. The number of hydrogen-bond acceptors (Lipinski definition) is 2. The van der Waals surface area contributed by atoms with Gasteiger partial charge in [-0.3, -0.25) is 4.79 Å². The first-order valence-corrected chi connectivity index (χ1v) is 9.07. The fourth-order valence-electron chi connectivity index (χ4n) is 3.98. The lowest BCUT2D eigenvalue weighted by molar-refractivity contribution is -0.123. The molecule has 0 aromatic heterocycles. The van der Waals surface area contributed by atoms with E-state index in [1.165, 1.54) is 32.1 Å². The van der Waals surface area contributed by atoms with Gasteiger partial charge in [-0.15, -0.1) is 0 Å². The number of rotatable bonds is 6. The average molecular weight is 311 g/mol. The van der Waals surface area contributed by atoms with E-state index < -0.39 is 5.54 Å². The highest BCUT2D eigenvalue weighted by molar-refractivity contribution is 7.80. The quantitative estimate of drug-likeness (QED) is 0.736. The van der Waals surface area contributed by atoms with Gasteiger partial charge in [0, 0.05) is 6.42 Å². The molecule has 2 saturated carbocycles. The van der Waals surface area contributed by atoms with Crippen LogP contribution in [-0.4, -0.2) is 16.4 Å². The zero-order valence-electron chi connectivity index (χ0n) is 13.3. The topological polar surface area (TPSA) is 55.1 Å². The van der Waals surface area contributed by atoms with Crippen molar-refractivity contribution < 1.29 is 4.79 Å². The number of nitrogens with two attached hydrogens (primary N) is 1. The molecular weight excluding hydrogens is 280 g/mol. The van der Waals surface area contributed by atoms with E-state index in [1.54, 1.807) is 0 Å². The Morgan fingerprint density at radius 1 is 1.19 bits per heavy atom. The van der Waals surface area contributed by atoms with Gasteiger partial charge in [-0.2, -0.15) is 0 Å². The maximum absolute atomic E-state index is 12.3. The second-order valence-corrected chi connectivity index (χ2v) is 7.48. The van der Waals surface area contributed by atoms with Crippen LogP contribution >= 0.6 is 12.2 Å². The Balaban J connectivity index is 1.84. The minimum Gasteiger partial charge on any atom is -0.391 e. The predicted octanol–water partition coefficient (Wildman–Crippen LogP) is 3.70. The van der Waals surface area contributed by atoms with Gasteiger partial charge in [-0.05, 0) is 43.9 Å². The lowest BCUT2D eigenvalue weighted by Crippen LogP contribution is -2.58. The Morgan fingerprint density at radius 3 is 2.33 bits per heavy atom. The van der Waals surface area contributed by atoms with Crippen molar-refractivity contribution in [1.29, 1.82) is 0 Å². The van der Waals surface area contributed by atoms with E-state index in [-0.39, 0.29) is 5.91 Å². The van der Waals surface area contributed by atoms with Crippen LogP contribution in [0.3, 0.4) is 0 Å². The molecule has 0 heterocycles. The van der Waals surface area contributed by atoms with Crippen molar-refractivity contribution in [3.8, 4) is 0 Å². The number of amides is 1. The van der Waals surface area contributed by atoms with Crippen molar-refractivity contribution >= 4 is 23.1 Å². The van der Waals surface area contributed by atoms with Crippen molar-refractivity contribution in [3.63, 3.8) is 0 Å². The molecule has 0 bridgehead atoms. The van der Waals surface area contributed by atoms with Crippen LogP contribution < -0.4 is 11.1 Å². The van der Waals surface area contributed by atoms with Crippen LogP contribution in [0, 0.1) is 11.8 Å². The SMILES string of the molecule is CCC1CCC(NC(=O)CCC2CCCC2)(C(N)=S)CC1. The van der Waals surface area contributed by atoms with Crippen molar-refractivity contribution in [2.24, 2.45) is 17.6 Å². The van der Waals surface area contributed by atoms with E-state index in [1.807, 2.05) is 0 Å². The molecule has 2 aliphatic carbocycles. The summed E-state index contributed by atoms with van der Waals surface area (Å²) in [5, 5.41) is 3.20. The fourth-order valence-corrected chi connectivity index (χ4v) is 4.23. The summed E-state index contributed by atoms with van der Waals surface area (Å²) in [5.41, 5.74) is 5.56. The smallest absolute Gasteiger partial charge is 0.220 e. The minimum atomic E-state index is -0.409. The molecule has 1 amide bonds. The molecule has 3 N–H and O–H groups in total. The van der Waals surface area contributed by atoms with Crippen LogP contribution in [0.5, 0.6) is 0 Å². The monoisotopic (exact) mass is 310 g/mol. The standard InChI is InChI=1S/C17H30N2OS/c1-2-13-9-11-17(12-10-13,16(18)21)19-15(20)8-7-14-5-3-4-6-14/h13-14H,2-12H2,1H3,(H2,18,21)(H,19,20). The summed E-state index contributed by atoms with van der Waals surface area (Å²) in [5.74, 6) is 1.67. The highest BCUT2D eigenvalue weighted by Crippen LogP contribution is 2.34. The van der Waals surface area contributed by atoms with E-state index in [2.05, 4.69) is 12.2 Å². The second kappa shape index (κ2) is 7.57. The van der Waals surface area contributed by atoms with Crippen LogP contribution in [0.2, 0.25) is 0 Å². The number of thiocarbonyl (C=S) groups is 1. The molecule has 2 rings (SSSR count). The van der Waals surface area contributed by atoms with Gasteiger partial charge in [0.05, 0.1) is 10.5 Å². The molecule has 4 heteroatoms. The fraction of sp³-hybridized carbons (Fsp3) is 0.882. The van der Waals surface area contributed by atoms with E-state index in [0.29, 0.717) is 11.4 Å². The largest absolute Gasteiger partial charge is 0.391 e. The number of carbonyl (C=O) groups is 1. The maximum Gasteiger partial charge on any atom is 0.220 e. The first-order chi connectivity index (χ1) is 10.1. The van der Waals surface area contributed by atoms with E-state index >= 15 is 0 Å². The van der Waals surface area contributed by atoms with Crippen molar-refractivity contribution in [2.45, 2.75) is 83.1 Å². The normalized spacial score (nSPS) is 30.2. The van der Waals surface area contributed by atoms with Crippen LogP contribution in [-0.2, 0) is 4.79 Å². The first-order valence-electron chi connectivity index (χ1n) is 8.66. The Bertz CT molecular complexity index is 369. The zero-order valence-corrected chi connectivity index (χ0v) is 14.1. The van der Waals surface area contributed by atoms with Gasteiger partial charge in [0.1, 0.15) is 0 Å². The van der Waals surface area contributed by atoms with Gasteiger partial charge in [0.25, 0.3) is 0 Å². The first kappa shape index (κ1) is 16.7. The molecule has 0 aromatic rings. The lowest BCUT2D eigenvalue weighted by atomic mass is 9.75. The van der Waals surface area contributed by atoms with Crippen LogP contribution in [0.25, 0.3) is 0 Å². The summed E-state index contributed by atoms with van der Waals surface area (Å²) < 4.78 is 0. The maximum atomic E-state index is 12.3. The third-order valence-electron chi connectivity index (χ3n) is 5.64. The summed E-state index contributed by atoms with van der Waals surface area (Å²) in [6, 6.07) is 0. The third-order valence-corrected chi connectivity index (χ3v) is 6.03. The lowest BCUT2D eigenvalue weighted by Gasteiger charge is -2.40. The highest BCUT2D eigenvalue weighted by Gasteiger charge is 2.38. The van der Waals surface area contributed by atoms with E-state index in [9.17, 15) is 4.79 Å². The van der Waals surface area contributed by atoms with Crippen molar-refractivity contribution in [1.82, 2.24) is 5.32 Å². The molecule has 0 unspecified atom stereocenters. The second-order valence-electron chi connectivity index (χ2n) is 7.04. The molecular formula is C17H30N2OS. The average Bonchev–Trinajstić information content (AvgIpc) is 2.99. The van der Waals surface area contributed by atoms with Gasteiger partial charge in [0.15, 0.2) is 0 Å². The molecule has 120 valence electrons. The summed E-state index contributed by atoms with van der Waals surface area (Å²) in [7, 11) is 0. The van der Waals surface area contributed by atoms with Gasteiger partial charge < -0.3 is 11.1 Å². The number of carbonyl (C=O) groups excluding carboxylic acids is 1. The third kappa shape index (κ3) is 4.41. The minimum absolute atomic E-state index is 0.143. The molecule has 0 atom stereocenters. The molecule has 21 heavy (non-hydrogen) atoms. The van der Waals surface area contributed by atoms with Crippen LogP contribution in [0.4, 0.5) is 0 Å². The van der Waals surface area contributed by atoms with Crippen molar-refractivity contribution in [3.05, 3.63) is 0 Å². The van der Waals surface area contributed by atoms with E-state index in [4.69, 9.17) is 18.0 Å². The molecule has 0 spiro atoms. The Labute approximate surface area is 134 Å². The van der Waals surface area contributed by atoms with E-state index in [0.717, 1.165) is 43.9 Å². The summed E-state index contributed by atoms with van der Waals surface area (Å²) in [6.45, 7) is 2.23. The zero-order chi connectivity index (χ0) is 15.3. The molecule has 0 aliphatic heterocycles. The van der Waals surface area contributed by atoms with Crippen molar-refractivity contribution in [2.75, 3.05) is 0 Å². The molecule has 0 radical (unpaired) electrons. The molecule has 2 fully saturated rings. The molecule has 3 nitrogen and oxygen atoms in total. The number of hydrogen-bond donors (Lipinski definition) is 2. The molecule has 0 saturated heterocycles. The highest BCUT2D eigenvalue weighted by atomic mass is 32.1. The molecule has 2 aliphatic rings. The van der Waals surface area contributed by atoms with Gasteiger partial charge in [-0.1, -0.05) is 51.2 Å². The van der Waals surface area contributed by atoms with Crippen LogP contribution in [0.1, 0.15) is 77.6 Å². The van der Waals surface area contributed by atoms with Gasteiger partial charge >= 0.3 is 0 Å². The van der Waals surface area contributed by atoms with Crippen LogP contribution in [0.15, 0.2) is 0 Å². The Morgan fingerprint density at radius 2 is 1.81 bits per heavy atom. The predicted molar refractivity (Wildman–Crippen MR) is 91.1 cm³/mol. The van der Waals surface area contributed by atoms with Gasteiger partial charge in [0.2, 0.25) is 5.91 Å². The summed E-state index contributed by atoms with van der Waals surface area (Å²) in [6.07, 6.45) is 12.2. The van der Waals surface area contributed by atoms with Gasteiger partial charge in [-0.25, -0.2) is 0 Å². The Kier molecular flexibility index (Phi) is 6.03. The summed E-state index contributed by atoms with van der Waals surface area (Å²) >= 11 is 5.28. The summed E-state index contributed by atoms with van der Waals surface area (Å²) in [4.78, 5) is 12.8.